The van der Waals surface area contributed by atoms with Crippen LogP contribution in [0.15, 0.2) is 5.16 Å². The second-order valence-electron chi connectivity index (χ2n) is 4.84. The van der Waals surface area contributed by atoms with Crippen LogP contribution in [0.3, 0.4) is 0 Å². The summed E-state index contributed by atoms with van der Waals surface area (Å²) >= 11 is 1.69. The van der Waals surface area contributed by atoms with Crippen LogP contribution in [0.25, 0.3) is 0 Å². The molecule has 0 radical (unpaired) electrons. The number of aromatic nitrogens is 3. The number of likely N-dealkylation sites (N-methyl/N-ethyl adjacent to an activating group) is 1. The minimum absolute atomic E-state index is 0.299. The summed E-state index contributed by atoms with van der Waals surface area (Å²) in [6.45, 7) is 3.77. The van der Waals surface area contributed by atoms with E-state index in [4.69, 9.17) is 5.73 Å². The highest BCUT2D eigenvalue weighted by Gasteiger charge is 2.27. The average Bonchev–Trinajstić information content (AvgIpc) is 2.69. The zero-order chi connectivity index (χ0) is 14.5. The van der Waals surface area contributed by atoms with Gasteiger partial charge in [-0.15, -0.1) is 10.2 Å². The SMILES string of the molecule is CNC(C)(CCCCSc1nnc(C)n1C)C(N)=O. The summed E-state index contributed by atoms with van der Waals surface area (Å²) in [6.07, 6.45) is 2.71. The molecule has 1 atom stereocenters. The van der Waals surface area contributed by atoms with E-state index in [2.05, 4.69) is 15.5 Å². The number of hydrogen-bond acceptors (Lipinski definition) is 5. The number of carbonyl (C=O) groups excluding carboxylic acids is 1. The van der Waals surface area contributed by atoms with Crippen LogP contribution in [0.2, 0.25) is 0 Å². The molecule has 7 heteroatoms. The van der Waals surface area contributed by atoms with Crippen molar-refractivity contribution in [1.29, 1.82) is 0 Å². The molecule has 0 aliphatic rings. The predicted octanol–water partition coefficient (Wildman–Crippen LogP) is 0.849. The third-order valence-corrected chi connectivity index (χ3v) is 4.56. The van der Waals surface area contributed by atoms with Gasteiger partial charge in [0.2, 0.25) is 5.91 Å². The first kappa shape index (κ1) is 16.0. The van der Waals surface area contributed by atoms with E-state index in [0.717, 1.165) is 36.0 Å². The second-order valence-corrected chi connectivity index (χ2v) is 5.90. The lowest BCUT2D eigenvalue weighted by atomic mass is 9.94. The highest BCUT2D eigenvalue weighted by Crippen LogP contribution is 2.19. The van der Waals surface area contributed by atoms with Gasteiger partial charge in [0.05, 0.1) is 5.54 Å². The number of aryl methyl sites for hydroxylation is 1. The Kier molecular flexibility index (Phi) is 5.81. The maximum Gasteiger partial charge on any atom is 0.237 e. The third-order valence-electron chi connectivity index (χ3n) is 3.45. The van der Waals surface area contributed by atoms with Gasteiger partial charge in [-0.1, -0.05) is 18.2 Å². The van der Waals surface area contributed by atoms with E-state index < -0.39 is 5.54 Å². The summed E-state index contributed by atoms with van der Waals surface area (Å²) in [7, 11) is 3.73. The zero-order valence-electron chi connectivity index (χ0n) is 12.1. The van der Waals surface area contributed by atoms with Crippen molar-refractivity contribution in [2.24, 2.45) is 12.8 Å². The standard InChI is InChI=1S/C12H23N5OS/c1-9-15-16-11(17(9)4)19-8-6-5-7-12(2,14-3)10(13)18/h14H,5-8H2,1-4H3,(H2,13,18). The lowest BCUT2D eigenvalue weighted by Crippen LogP contribution is -2.51. The zero-order valence-corrected chi connectivity index (χ0v) is 12.9. The summed E-state index contributed by atoms with van der Waals surface area (Å²) in [5.74, 6) is 1.58. The molecule has 0 saturated heterocycles. The predicted molar refractivity (Wildman–Crippen MR) is 77.0 cm³/mol. The fourth-order valence-corrected chi connectivity index (χ4v) is 2.58. The quantitative estimate of drug-likeness (QED) is 0.546. The van der Waals surface area contributed by atoms with Crippen LogP contribution < -0.4 is 11.1 Å². The van der Waals surface area contributed by atoms with Crippen molar-refractivity contribution in [2.45, 2.75) is 43.8 Å². The number of unbranched alkanes of at least 4 members (excludes halogenated alkanes) is 1. The van der Waals surface area contributed by atoms with Crippen molar-refractivity contribution < 1.29 is 4.79 Å². The van der Waals surface area contributed by atoms with Crippen LogP contribution in [0, 0.1) is 6.92 Å². The highest BCUT2D eigenvalue weighted by molar-refractivity contribution is 7.99. The van der Waals surface area contributed by atoms with Crippen LogP contribution in [0.4, 0.5) is 0 Å². The molecule has 0 bridgehead atoms. The maximum atomic E-state index is 11.3. The summed E-state index contributed by atoms with van der Waals surface area (Å²) in [4.78, 5) is 11.3. The molecule has 6 nitrogen and oxygen atoms in total. The Hall–Kier alpha value is -1.08. The van der Waals surface area contributed by atoms with Crippen molar-refractivity contribution in [3.63, 3.8) is 0 Å². The Morgan fingerprint density at radius 2 is 2.16 bits per heavy atom. The smallest absolute Gasteiger partial charge is 0.237 e. The first-order valence-electron chi connectivity index (χ1n) is 6.38. The molecular weight excluding hydrogens is 262 g/mol. The largest absolute Gasteiger partial charge is 0.368 e. The van der Waals surface area contributed by atoms with Gasteiger partial charge in [0.1, 0.15) is 5.82 Å². The molecule has 1 rings (SSSR count). The van der Waals surface area contributed by atoms with Gasteiger partial charge < -0.3 is 15.6 Å². The normalized spacial score (nSPS) is 14.3. The molecule has 1 unspecified atom stereocenters. The van der Waals surface area contributed by atoms with Crippen molar-refractivity contribution in [1.82, 2.24) is 20.1 Å². The fraction of sp³-hybridized carbons (Fsp3) is 0.750. The fourth-order valence-electron chi connectivity index (χ4n) is 1.63. The van der Waals surface area contributed by atoms with Crippen molar-refractivity contribution in [3.05, 3.63) is 5.82 Å². The topological polar surface area (TPSA) is 85.8 Å². The maximum absolute atomic E-state index is 11.3. The van der Waals surface area contributed by atoms with E-state index in [1.54, 1.807) is 18.8 Å². The molecular formula is C12H23N5OS. The molecule has 1 aromatic heterocycles. The van der Waals surface area contributed by atoms with Crippen molar-refractivity contribution >= 4 is 17.7 Å². The van der Waals surface area contributed by atoms with E-state index in [0.29, 0.717) is 0 Å². The van der Waals surface area contributed by atoms with Crippen LogP contribution in [-0.2, 0) is 11.8 Å². The Bertz CT molecular complexity index is 434. The number of primary amides is 1. The van der Waals surface area contributed by atoms with E-state index in [9.17, 15) is 4.79 Å². The molecule has 108 valence electrons. The number of rotatable bonds is 8. The highest BCUT2D eigenvalue weighted by atomic mass is 32.2. The van der Waals surface area contributed by atoms with E-state index >= 15 is 0 Å². The molecule has 1 aromatic rings. The third kappa shape index (κ3) is 4.21. The average molecular weight is 285 g/mol. The van der Waals surface area contributed by atoms with Crippen LogP contribution >= 0.6 is 11.8 Å². The molecule has 0 saturated carbocycles. The van der Waals surface area contributed by atoms with Gasteiger partial charge in [0.25, 0.3) is 0 Å². The van der Waals surface area contributed by atoms with E-state index in [-0.39, 0.29) is 5.91 Å². The number of nitrogens with zero attached hydrogens (tertiary/aromatic N) is 3. The molecule has 0 fully saturated rings. The molecule has 1 amide bonds. The number of amides is 1. The lowest BCUT2D eigenvalue weighted by Gasteiger charge is -2.25. The summed E-state index contributed by atoms with van der Waals surface area (Å²) in [6, 6.07) is 0. The minimum atomic E-state index is -0.605. The Morgan fingerprint density at radius 1 is 1.47 bits per heavy atom. The van der Waals surface area contributed by atoms with E-state index in [1.165, 1.54) is 0 Å². The van der Waals surface area contributed by atoms with Crippen molar-refractivity contribution in [3.8, 4) is 0 Å². The number of hydrogen-bond donors (Lipinski definition) is 2. The molecule has 0 spiro atoms. The molecule has 19 heavy (non-hydrogen) atoms. The Labute approximate surface area is 118 Å². The van der Waals surface area contributed by atoms with Crippen LogP contribution in [0.1, 0.15) is 32.0 Å². The second kappa shape index (κ2) is 6.91. The Balaban J connectivity index is 2.28. The van der Waals surface area contributed by atoms with Crippen LogP contribution in [-0.4, -0.2) is 39.0 Å². The van der Waals surface area contributed by atoms with E-state index in [1.807, 2.05) is 25.5 Å². The first-order valence-corrected chi connectivity index (χ1v) is 7.37. The summed E-state index contributed by atoms with van der Waals surface area (Å²) < 4.78 is 1.98. The van der Waals surface area contributed by atoms with Gasteiger partial charge >= 0.3 is 0 Å². The number of thioether (sulfide) groups is 1. The van der Waals surface area contributed by atoms with Gasteiger partial charge in [-0.3, -0.25) is 4.79 Å². The van der Waals surface area contributed by atoms with Gasteiger partial charge in [-0.25, -0.2) is 0 Å². The van der Waals surface area contributed by atoms with Gasteiger partial charge in [0, 0.05) is 12.8 Å². The monoisotopic (exact) mass is 285 g/mol. The van der Waals surface area contributed by atoms with Gasteiger partial charge in [-0.05, 0) is 33.7 Å². The molecule has 0 aromatic carbocycles. The molecule has 0 aliphatic heterocycles. The number of nitrogens with one attached hydrogen (secondary N) is 1. The minimum Gasteiger partial charge on any atom is -0.368 e. The lowest BCUT2D eigenvalue weighted by molar-refractivity contribution is -0.123. The summed E-state index contributed by atoms with van der Waals surface area (Å²) in [5, 5.41) is 12.0. The molecule has 0 aliphatic carbocycles. The Morgan fingerprint density at radius 3 is 2.63 bits per heavy atom. The number of nitrogens with two attached hydrogens (primary N) is 1. The molecule has 1 heterocycles. The van der Waals surface area contributed by atoms with Crippen molar-refractivity contribution in [2.75, 3.05) is 12.8 Å². The number of carbonyl (C=O) groups is 1. The first-order chi connectivity index (χ1) is 8.90. The van der Waals surface area contributed by atoms with Gasteiger partial charge in [-0.2, -0.15) is 0 Å². The molecule has 3 N–H and O–H groups in total. The summed E-state index contributed by atoms with van der Waals surface area (Å²) in [5.41, 5.74) is 4.78. The van der Waals surface area contributed by atoms with Gasteiger partial charge in [0.15, 0.2) is 5.16 Å². The van der Waals surface area contributed by atoms with Crippen LogP contribution in [0.5, 0.6) is 0 Å².